The van der Waals surface area contributed by atoms with Gasteiger partial charge in [-0.15, -0.1) is 0 Å². The van der Waals surface area contributed by atoms with Crippen LogP contribution < -0.4 is 9.64 Å². The molecule has 2 aromatic carbocycles. The zero-order valence-electron chi connectivity index (χ0n) is 16.7. The zero-order valence-corrected chi connectivity index (χ0v) is 18.2. The van der Waals surface area contributed by atoms with Gasteiger partial charge in [-0.3, -0.25) is 4.79 Å². The number of ether oxygens (including phenoxy) is 3. The van der Waals surface area contributed by atoms with E-state index in [9.17, 15) is 4.79 Å². The molecule has 0 saturated carbocycles. The van der Waals surface area contributed by atoms with E-state index in [4.69, 9.17) is 37.4 Å². The second kappa shape index (κ2) is 9.43. The Morgan fingerprint density at radius 3 is 2.50 bits per heavy atom. The minimum Gasteiger partial charge on any atom is -0.491 e. The highest BCUT2D eigenvalue weighted by atomic mass is 35.5. The van der Waals surface area contributed by atoms with Crippen LogP contribution >= 0.6 is 23.2 Å². The quantitative estimate of drug-likeness (QED) is 0.684. The molecule has 6 nitrogen and oxygen atoms in total. The molecule has 2 aliphatic heterocycles. The van der Waals surface area contributed by atoms with Crippen molar-refractivity contribution >= 4 is 34.8 Å². The van der Waals surface area contributed by atoms with E-state index in [0.29, 0.717) is 23.3 Å². The summed E-state index contributed by atoms with van der Waals surface area (Å²) in [7, 11) is 0. The molecule has 0 bridgehead atoms. The number of hydrogen-bond donors (Lipinski definition) is 0. The number of carbonyl (C=O) groups excluding carboxylic acids is 1. The van der Waals surface area contributed by atoms with E-state index in [1.165, 1.54) is 0 Å². The smallest absolute Gasteiger partial charge is 0.219 e. The van der Waals surface area contributed by atoms with Crippen LogP contribution in [0.1, 0.15) is 18.8 Å². The van der Waals surface area contributed by atoms with Crippen molar-refractivity contribution in [1.82, 2.24) is 4.90 Å². The number of carbonyl (C=O) groups is 1. The summed E-state index contributed by atoms with van der Waals surface area (Å²) in [6, 6.07) is 13.2. The number of benzene rings is 2. The van der Waals surface area contributed by atoms with Crippen LogP contribution in [0.25, 0.3) is 0 Å². The number of piperazine rings is 1. The molecule has 2 saturated heterocycles. The lowest BCUT2D eigenvalue weighted by molar-refractivity contribution is -0.129. The third-order valence-corrected chi connectivity index (χ3v) is 5.89. The highest BCUT2D eigenvalue weighted by Crippen LogP contribution is 2.33. The molecule has 160 valence electrons. The van der Waals surface area contributed by atoms with Crippen LogP contribution in [0.15, 0.2) is 42.5 Å². The Kier molecular flexibility index (Phi) is 6.68. The maximum atomic E-state index is 11.5. The summed E-state index contributed by atoms with van der Waals surface area (Å²) in [5.41, 5.74) is 1.89. The van der Waals surface area contributed by atoms with E-state index in [2.05, 4.69) is 4.90 Å². The first-order chi connectivity index (χ1) is 14.5. The van der Waals surface area contributed by atoms with Crippen LogP contribution in [0.2, 0.25) is 10.0 Å². The number of anilines is 1. The lowest BCUT2D eigenvalue weighted by Gasteiger charge is -2.35. The Balaban J connectivity index is 1.26. The van der Waals surface area contributed by atoms with Gasteiger partial charge >= 0.3 is 0 Å². The van der Waals surface area contributed by atoms with Crippen LogP contribution in [-0.4, -0.2) is 56.3 Å². The highest BCUT2D eigenvalue weighted by Gasteiger charge is 2.29. The van der Waals surface area contributed by atoms with Gasteiger partial charge < -0.3 is 24.0 Å². The van der Waals surface area contributed by atoms with Crippen molar-refractivity contribution in [2.75, 3.05) is 44.3 Å². The SMILES string of the molecule is CC(=O)N1CCN(c2ccc(OCC3COC(c4ccc(Cl)cc4Cl)O3)cc2)CC1. The molecule has 1 amide bonds. The van der Waals surface area contributed by atoms with Gasteiger partial charge in [0.25, 0.3) is 0 Å². The average Bonchev–Trinajstić information content (AvgIpc) is 3.21. The van der Waals surface area contributed by atoms with Gasteiger partial charge in [0.1, 0.15) is 18.5 Å². The molecular formula is C22H24Cl2N2O4. The van der Waals surface area contributed by atoms with Crippen molar-refractivity contribution in [2.45, 2.75) is 19.3 Å². The Morgan fingerprint density at radius 2 is 1.83 bits per heavy atom. The first-order valence-electron chi connectivity index (χ1n) is 9.95. The molecule has 2 heterocycles. The molecular weight excluding hydrogens is 427 g/mol. The van der Waals surface area contributed by atoms with E-state index in [1.807, 2.05) is 35.2 Å². The normalized spacial score (nSPS) is 21.7. The second-order valence-electron chi connectivity index (χ2n) is 7.39. The molecule has 2 fully saturated rings. The number of nitrogens with zero attached hydrogens (tertiary/aromatic N) is 2. The summed E-state index contributed by atoms with van der Waals surface area (Å²) < 4.78 is 17.5. The second-order valence-corrected chi connectivity index (χ2v) is 8.23. The molecule has 2 unspecified atom stereocenters. The largest absolute Gasteiger partial charge is 0.491 e. The summed E-state index contributed by atoms with van der Waals surface area (Å²) in [6.45, 7) is 5.62. The van der Waals surface area contributed by atoms with Crippen molar-refractivity contribution in [3.05, 3.63) is 58.1 Å². The first kappa shape index (κ1) is 21.2. The Morgan fingerprint density at radius 1 is 1.10 bits per heavy atom. The van der Waals surface area contributed by atoms with Crippen LogP contribution in [-0.2, 0) is 14.3 Å². The summed E-state index contributed by atoms with van der Waals surface area (Å²) in [5.74, 6) is 0.912. The van der Waals surface area contributed by atoms with Crippen molar-refractivity contribution in [3.63, 3.8) is 0 Å². The maximum absolute atomic E-state index is 11.5. The fourth-order valence-electron chi connectivity index (χ4n) is 3.61. The topological polar surface area (TPSA) is 51.2 Å². The van der Waals surface area contributed by atoms with Gasteiger partial charge in [-0.05, 0) is 36.4 Å². The van der Waals surface area contributed by atoms with Crippen molar-refractivity contribution in [2.24, 2.45) is 0 Å². The van der Waals surface area contributed by atoms with E-state index >= 15 is 0 Å². The summed E-state index contributed by atoms with van der Waals surface area (Å²) in [5, 5.41) is 1.10. The molecule has 2 aliphatic rings. The van der Waals surface area contributed by atoms with Crippen molar-refractivity contribution < 1.29 is 19.0 Å². The summed E-state index contributed by atoms with van der Waals surface area (Å²) in [4.78, 5) is 15.6. The van der Waals surface area contributed by atoms with Crippen molar-refractivity contribution in [1.29, 1.82) is 0 Å². The molecule has 8 heteroatoms. The standard InChI is InChI=1S/C22H24Cl2N2O4/c1-15(27)25-8-10-26(11-9-25)17-3-5-18(6-4-17)28-13-19-14-29-22(30-19)20-7-2-16(23)12-21(20)24/h2-7,12,19,22H,8-11,13-14H2,1H3. The molecule has 2 atom stereocenters. The van der Waals surface area contributed by atoms with E-state index < -0.39 is 6.29 Å². The van der Waals surface area contributed by atoms with Crippen LogP contribution in [0.4, 0.5) is 5.69 Å². The van der Waals surface area contributed by atoms with Gasteiger partial charge in [0.15, 0.2) is 6.29 Å². The fraction of sp³-hybridized carbons (Fsp3) is 0.409. The molecule has 0 spiro atoms. The van der Waals surface area contributed by atoms with Crippen LogP contribution in [0, 0.1) is 0 Å². The molecule has 0 N–H and O–H groups in total. The molecule has 4 rings (SSSR count). The highest BCUT2D eigenvalue weighted by molar-refractivity contribution is 6.35. The van der Waals surface area contributed by atoms with Crippen LogP contribution in [0.3, 0.4) is 0 Å². The van der Waals surface area contributed by atoms with Crippen LogP contribution in [0.5, 0.6) is 5.75 Å². The van der Waals surface area contributed by atoms with Gasteiger partial charge in [0, 0.05) is 49.4 Å². The maximum Gasteiger partial charge on any atom is 0.219 e. The fourth-order valence-corrected chi connectivity index (χ4v) is 4.11. The van der Waals surface area contributed by atoms with Crippen molar-refractivity contribution in [3.8, 4) is 5.75 Å². The van der Waals surface area contributed by atoms with E-state index in [1.54, 1.807) is 19.1 Å². The number of halogens is 2. The van der Waals surface area contributed by atoms with Gasteiger partial charge in [-0.2, -0.15) is 0 Å². The predicted molar refractivity (Wildman–Crippen MR) is 116 cm³/mol. The lowest BCUT2D eigenvalue weighted by atomic mass is 10.2. The van der Waals surface area contributed by atoms with E-state index in [0.717, 1.165) is 43.2 Å². The molecule has 0 radical (unpaired) electrons. The molecule has 0 aromatic heterocycles. The third kappa shape index (κ3) is 5.01. The number of rotatable bonds is 5. The number of hydrogen-bond acceptors (Lipinski definition) is 5. The third-order valence-electron chi connectivity index (χ3n) is 5.33. The monoisotopic (exact) mass is 450 g/mol. The zero-order chi connectivity index (χ0) is 21.1. The molecule has 30 heavy (non-hydrogen) atoms. The average molecular weight is 451 g/mol. The van der Waals surface area contributed by atoms with Gasteiger partial charge in [-0.25, -0.2) is 0 Å². The predicted octanol–water partition coefficient (Wildman–Crippen LogP) is 4.15. The Hall–Kier alpha value is -1.99. The first-order valence-corrected chi connectivity index (χ1v) is 10.7. The minimum absolute atomic E-state index is 0.136. The summed E-state index contributed by atoms with van der Waals surface area (Å²) >= 11 is 12.2. The van der Waals surface area contributed by atoms with Gasteiger partial charge in [-0.1, -0.05) is 29.3 Å². The summed E-state index contributed by atoms with van der Waals surface area (Å²) in [6.07, 6.45) is -0.694. The lowest BCUT2D eigenvalue weighted by Crippen LogP contribution is -2.48. The van der Waals surface area contributed by atoms with Gasteiger partial charge in [0.05, 0.1) is 11.6 Å². The van der Waals surface area contributed by atoms with Gasteiger partial charge in [0.2, 0.25) is 5.91 Å². The molecule has 2 aromatic rings. The molecule has 0 aliphatic carbocycles. The Labute approximate surface area is 186 Å². The Bertz CT molecular complexity index is 885. The minimum atomic E-state index is -0.514. The van der Waals surface area contributed by atoms with E-state index in [-0.39, 0.29) is 12.0 Å². The number of amides is 1.